The van der Waals surface area contributed by atoms with E-state index in [1.165, 1.54) is 12.5 Å². The van der Waals surface area contributed by atoms with Crippen LogP contribution in [0.15, 0.2) is 22.7 Å². The van der Waals surface area contributed by atoms with Gasteiger partial charge in [-0.3, -0.25) is 4.79 Å². The molecule has 1 heterocycles. The van der Waals surface area contributed by atoms with Crippen molar-refractivity contribution in [1.29, 1.82) is 0 Å². The third kappa shape index (κ3) is 3.29. The fourth-order valence-electron chi connectivity index (χ4n) is 2.17. The van der Waals surface area contributed by atoms with Crippen molar-refractivity contribution >= 4 is 21.8 Å². The predicted molar refractivity (Wildman–Crippen MR) is 72.1 cm³/mol. The average molecular weight is 315 g/mol. The molecule has 1 aromatic rings. The molecule has 0 bridgehead atoms. The van der Waals surface area contributed by atoms with Crippen LogP contribution >= 0.6 is 15.9 Å². The lowest BCUT2D eigenvalue weighted by atomic mass is 10.1. The van der Waals surface area contributed by atoms with Gasteiger partial charge in [0.05, 0.1) is 5.56 Å². The second kappa shape index (κ2) is 6.29. The first-order valence-electron chi connectivity index (χ1n) is 6.14. The summed E-state index contributed by atoms with van der Waals surface area (Å²) < 4.78 is 14.0. The highest BCUT2D eigenvalue weighted by Gasteiger charge is 2.17. The number of amides is 1. The van der Waals surface area contributed by atoms with Crippen LogP contribution in [0, 0.1) is 5.82 Å². The minimum atomic E-state index is -0.499. The molecule has 2 rings (SSSR count). The summed E-state index contributed by atoms with van der Waals surface area (Å²) in [5.74, 6) is -0.862. The monoisotopic (exact) mass is 314 g/mol. The summed E-state index contributed by atoms with van der Waals surface area (Å²) in [5.41, 5.74) is 0.0804. The predicted octanol–water partition coefficient (Wildman–Crippen LogP) is 2.46. The Morgan fingerprint density at radius 3 is 3.06 bits per heavy atom. The van der Waals surface area contributed by atoms with E-state index in [2.05, 4.69) is 26.6 Å². The summed E-state index contributed by atoms with van der Waals surface area (Å²) in [5, 5.41) is 6.12. The number of nitrogens with one attached hydrogen (secondary N) is 2. The van der Waals surface area contributed by atoms with E-state index in [1.807, 2.05) is 0 Å². The molecular weight excluding hydrogens is 299 g/mol. The minimum absolute atomic E-state index is 0.0804. The molecule has 98 valence electrons. The second-order valence-electron chi connectivity index (χ2n) is 4.43. The molecule has 1 atom stereocenters. The Kier molecular flexibility index (Phi) is 4.72. The fraction of sp³-hybridized carbons (Fsp3) is 0.462. The summed E-state index contributed by atoms with van der Waals surface area (Å²) in [6, 6.07) is 5.00. The van der Waals surface area contributed by atoms with E-state index < -0.39 is 5.82 Å². The number of halogens is 2. The van der Waals surface area contributed by atoms with Gasteiger partial charge in [0.15, 0.2) is 0 Å². The van der Waals surface area contributed by atoms with Gasteiger partial charge in [0.2, 0.25) is 0 Å². The quantitative estimate of drug-likeness (QED) is 0.896. The first-order valence-corrected chi connectivity index (χ1v) is 6.93. The van der Waals surface area contributed by atoms with Crippen molar-refractivity contribution in [3.05, 3.63) is 34.1 Å². The largest absolute Gasteiger partial charge is 0.352 e. The molecule has 1 aromatic carbocycles. The molecule has 2 N–H and O–H groups in total. The maximum atomic E-state index is 13.5. The van der Waals surface area contributed by atoms with E-state index in [1.54, 1.807) is 12.1 Å². The van der Waals surface area contributed by atoms with Crippen molar-refractivity contribution in [3.63, 3.8) is 0 Å². The van der Waals surface area contributed by atoms with Gasteiger partial charge >= 0.3 is 0 Å². The van der Waals surface area contributed by atoms with Crippen molar-refractivity contribution in [1.82, 2.24) is 10.6 Å². The van der Waals surface area contributed by atoms with Crippen LogP contribution in [-0.2, 0) is 0 Å². The molecule has 1 aliphatic heterocycles. The lowest BCUT2D eigenvalue weighted by Crippen LogP contribution is -2.31. The third-order valence-corrected chi connectivity index (χ3v) is 3.79. The Hall–Kier alpha value is -0.940. The maximum absolute atomic E-state index is 13.5. The van der Waals surface area contributed by atoms with Crippen molar-refractivity contribution in [2.45, 2.75) is 25.3 Å². The first kappa shape index (κ1) is 13.5. The Labute approximate surface area is 114 Å². The van der Waals surface area contributed by atoms with Gasteiger partial charge in [-0.1, -0.05) is 6.07 Å². The molecule has 0 radical (unpaired) electrons. The Morgan fingerprint density at radius 1 is 1.56 bits per heavy atom. The molecule has 0 aromatic heterocycles. The normalized spacial score (nSPS) is 18.9. The zero-order valence-corrected chi connectivity index (χ0v) is 11.6. The zero-order chi connectivity index (χ0) is 13.0. The van der Waals surface area contributed by atoms with Crippen LogP contribution in [0.25, 0.3) is 0 Å². The Balaban J connectivity index is 1.87. The molecule has 0 saturated carbocycles. The molecule has 0 spiro atoms. The van der Waals surface area contributed by atoms with Gasteiger partial charge in [0.1, 0.15) is 5.82 Å². The second-order valence-corrected chi connectivity index (χ2v) is 5.29. The molecular formula is C13H16BrFN2O. The van der Waals surface area contributed by atoms with Gasteiger partial charge in [-0.25, -0.2) is 4.39 Å². The number of carbonyl (C=O) groups excluding carboxylic acids is 1. The van der Waals surface area contributed by atoms with Crippen molar-refractivity contribution in [2.24, 2.45) is 0 Å². The van der Waals surface area contributed by atoms with E-state index in [9.17, 15) is 9.18 Å². The minimum Gasteiger partial charge on any atom is -0.352 e. The standard InChI is InChI=1S/C13H16BrFN2O/c14-10-4-1-5-11(15)12(10)13(18)17-8-6-9-3-2-7-16-9/h1,4-5,9,16H,2-3,6-8H2,(H,17,18). The zero-order valence-electron chi connectivity index (χ0n) is 10.0. The summed E-state index contributed by atoms with van der Waals surface area (Å²) in [6.07, 6.45) is 3.23. The van der Waals surface area contributed by atoms with Crippen LogP contribution in [0.2, 0.25) is 0 Å². The van der Waals surface area contributed by atoms with E-state index in [4.69, 9.17) is 0 Å². The lowest BCUT2D eigenvalue weighted by molar-refractivity contribution is 0.0947. The van der Waals surface area contributed by atoms with Gasteiger partial charge in [-0.2, -0.15) is 0 Å². The van der Waals surface area contributed by atoms with Crippen LogP contribution in [0.4, 0.5) is 4.39 Å². The molecule has 1 saturated heterocycles. The summed E-state index contributed by atoms with van der Waals surface area (Å²) in [6.45, 7) is 1.62. The average Bonchev–Trinajstić information content (AvgIpc) is 2.82. The molecule has 5 heteroatoms. The highest BCUT2D eigenvalue weighted by molar-refractivity contribution is 9.10. The Bertz CT molecular complexity index is 413. The van der Waals surface area contributed by atoms with Crippen LogP contribution in [0.1, 0.15) is 29.6 Å². The molecule has 1 amide bonds. The third-order valence-electron chi connectivity index (χ3n) is 3.13. The van der Waals surface area contributed by atoms with E-state index in [0.717, 1.165) is 19.4 Å². The summed E-state index contributed by atoms with van der Waals surface area (Å²) in [7, 11) is 0. The van der Waals surface area contributed by atoms with E-state index >= 15 is 0 Å². The molecule has 1 aliphatic rings. The van der Waals surface area contributed by atoms with Crippen LogP contribution in [0.5, 0.6) is 0 Å². The highest BCUT2D eigenvalue weighted by atomic mass is 79.9. The van der Waals surface area contributed by atoms with Crippen LogP contribution < -0.4 is 10.6 Å². The van der Waals surface area contributed by atoms with Gasteiger partial charge in [0.25, 0.3) is 5.91 Å². The van der Waals surface area contributed by atoms with Gasteiger partial charge in [0, 0.05) is 17.1 Å². The first-order chi connectivity index (χ1) is 8.68. The van der Waals surface area contributed by atoms with Crippen molar-refractivity contribution < 1.29 is 9.18 Å². The summed E-state index contributed by atoms with van der Waals surface area (Å²) >= 11 is 3.19. The number of hydrogen-bond acceptors (Lipinski definition) is 2. The van der Waals surface area contributed by atoms with Crippen LogP contribution in [-0.4, -0.2) is 25.0 Å². The fourth-order valence-corrected chi connectivity index (χ4v) is 2.69. The van der Waals surface area contributed by atoms with Crippen molar-refractivity contribution in [2.75, 3.05) is 13.1 Å². The van der Waals surface area contributed by atoms with Crippen molar-refractivity contribution in [3.8, 4) is 0 Å². The van der Waals surface area contributed by atoms with E-state index in [-0.39, 0.29) is 11.5 Å². The number of hydrogen-bond donors (Lipinski definition) is 2. The Morgan fingerprint density at radius 2 is 2.39 bits per heavy atom. The maximum Gasteiger partial charge on any atom is 0.255 e. The van der Waals surface area contributed by atoms with Gasteiger partial charge < -0.3 is 10.6 Å². The SMILES string of the molecule is O=C(NCCC1CCCN1)c1c(F)cccc1Br. The van der Waals surface area contributed by atoms with E-state index in [0.29, 0.717) is 17.1 Å². The number of benzene rings is 1. The number of rotatable bonds is 4. The molecule has 0 aliphatic carbocycles. The van der Waals surface area contributed by atoms with Gasteiger partial charge in [-0.05, 0) is 53.9 Å². The molecule has 18 heavy (non-hydrogen) atoms. The van der Waals surface area contributed by atoms with Gasteiger partial charge in [-0.15, -0.1) is 0 Å². The number of carbonyl (C=O) groups is 1. The molecule has 3 nitrogen and oxygen atoms in total. The lowest BCUT2D eigenvalue weighted by Gasteiger charge is -2.11. The smallest absolute Gasteiger partial charge is 0.255 e. The molecule has 1 fully saturated rings. The summed E-state index contributed by atoms with van der Waals surface area (Å²) in [4.78, 5) is 11.9. The van der Waals surface area contributed by atoms with Crippen LogP contribution in [0.3, 0.4) is 0 Å². The molecule has 1 unspecified atom stereocenters. The topological polar surface area (TPSA) is 41.1 Å². The highest BCUT2D eigenvalue weighted by Crippen LogP contribution is 2.19.